The van der Waals surface area contributed by atoms with Gasteiger partial charge in [-0.2, -0.15) is 5.10 Å². The van der Waals surface area contributed by atoms with Gasteiger partial charge in [-0.25, -0.2) is 0 Å². The Bertz CT molecular complexity index is 390. The minimum absolute atomic E-state index is 0.781. The van der Waals surface area contributed by atoms with Crippen LogP contribution < -0.4 is 0 Å². The predicted octanol–water partition coefficient (Wildman–Crippen LogP) is 2.15. The molecule has 2 rings (SSSR count). The Morgan fingerprint density at radius 1 is 1.56 bits per heavy atom. The highest BCUT2D eigenvalue weighted by Gasteiger charge is 2.22. The summed E-state index contributed by atoms with van der Waals surface area (Å²) in [5.41, 5.74) is 1.92. The van der Waals surface area contributed by atoms with Crippen LogP contribution in [0.25, 0.3) is 0 Å². The fourth-order valence-electron chi connectivity index (χ4n) is 2.68. The van der Waals surface area contributed by atoms with Crippen LogP contribution in [0.1, 0.15) is 24.7 Å². The number of hydrogen-bond acceptors (Lipinski definition) is 3. The normalized spacial score (nSPS) is 21.1. The number of halogens is 1. The van der Waals surface area contributed by atoms with Gasteiger partial charge in [0.25, 0.3) is 0 Å². The molecule has 1 saturated heterocycles. The highest BCUT2D eigenvalue weighted by molar-refractivity contribution is 6.31. The minimum Gasteiger partial charge on any atom is -0.303 e. The molecule has 0 amide bonds. The van der Waals surface area contributed by atoms with Crippen molar-refractivity contribution in [1.82, 2.24) is 20.0 Å². The molecule has 1 atom stereocenters. The Morgan fingerprint density at radius 3 is 2.89 bits per heavy atom. The van der Waals surface area contributed by atoms with Crippen molar-refractivity contribution in [1.29, 1.82) is 0 Å². The van der Waals surface area contributed by atoms with E-state index >= 15 is 0 Å². The largest absolute Gasteiger partial charge is 0.303 e. The molecule has 0 aliphatic carbocycles. The Hall–Kier alpha value is -0.580. The maximum atomic E-state index is 6.19. The number of nitrogens with zero attached hydrogens (tertiary/aromatic N) is 3. The first-order valence-electron chi connectivity index (χ1n) is 6.70. The van der Waals surface area contributed by atoms with Gasteiger partial charge in [-0.3, -0.25) is 5.10 Å². The van der Waals surface area contributed by atoms with Crippen molar-refractivity contribution in [2.45, 2.75) is 26.8 Å². The lowest BCUT2D eigenvalue weighted by molar-refractivity contribution is 0.258. The lowest BCUT2D eigenvalue weighted by atomic mass is 10.1. The molecule has 1 fully saturated rings. The molecule has 18 heavy (non-hydrogen) atoms. The van der Waals surface area contributed by atoms with Gasteiger partial charge in [-0.1, -0.05) is 18.5 Å². The molecule has 5 heteroatoms. The van der Waals surface area contributed by atoms with Crippen LogP contribution in [0.2, 0.25) is 5.02 Å². The second-order valence-corrected chi connectivity index (χ2v) is 5.73. The number of hydrogen-bond donors (Lipinski definition) is 1. The monoisotopic (exact) mass is 270 g/mol. The molecule has 1 aromatic heterocycles. The Balaban J connectivity index is 1.82. The average molecular weight is 271 g/mol. The van der Waals surface area contributed by atoms with Gasteiger partial charge in [0, 0.05) is 19.6 Å². The summed E-state index contributed by atoms with van der Waals surface area (Å²) in [5.74, 6) is 0.786. The van der Waals surface area contributed by atoms with Crippen LogP contribution in [0, 0.1) is 12.8 Å². The van der Waals surface area contributed by atoms with E-state index in [1.165, 1.54) is 26.1 Å². The van der Waals surface area contributed by atoms with E-state index in [1.54, 1.807) is 0 Å². The van der Waals surface area contributed by atoms with E-state index < -0.39 is 0 Å². The maximum absolute atomic E-state index is 6.19. The third-order valence-electron chi connectivity index (χ3n) is 3.75. The molecule has 0 radical (unpaired) electrons. The number of H-pyrrole nitrogens is 1. The van der Waals surface area contributed by atoms with E-state index in [2.05, 4.69) is 34.0 Å². The van der Waals surface area contributed by atoms with Crippen LogP contribution in [-0.4, -0.2) is 53.2 Å². The molecule has 1 aliphatic rings. The quantitative estimate of drug-likeness (QED) is 0.890. The number of aromatic nitrogens is 2. The number of nitrogens with one attached hydrogen (secondary N) is 1. The fraction of sp³-hybridized carbons (Fsp3) is 0.769. The SMILES string of the molecule is CCN1CC[C@H](CN(C)Cc2n[nH]c(C)c2Cl)C1. The summed E-state index contributed by atoms with van der Waals surface area (Å²) in [6.07, 6.45) is 1.31. The number of aryl methyl sites for hydroxylation is 1. The standard InChI is InChI=1S/C13H23ClN4/c1-4-18-6-5-11(8-18)7-17(3)9-12-13(14)10(2)15-16-12/h11H,4-9H2,1-3H3,(H,15,16)/t11-/m1/s1. The molecule has 2 heterocycles. The van der Waals surface area contributed by atoms with Crippen LogP contribution >= 0.6 is 11.6 Å². The van der Waals surface area contributed by atoms with E-state index in [9.17, 15) is 0 Å². The molecule has 1 aromatic rings. The van der Waals surface area contributed by atoms with Crippen LogP contribution in [0.3, 0.4) is 0 Å². The first kappa shape index (κ1) is 13.8. The van der Waals surface area contributed by atoms with Crippen LogP contribution in [0.15, 0.2) is 0 Å². The Labute approximate surface area is 114 Å². The minimum atomic E-state index is 0.781. The summed E-state index contributed by atoms with van der Waals surface area (Å²) in [6, 6.07) is 0. The topological polar surface area (TPSA) is 35.2 Å². The van der Waals surface area contributed by atoms with Crippen molar-refractivity contribution >= 4 is 11.6 Å². The number of aromatic amines is 1. The van der Waals surface area contributed by atoms with E-state index in [1.807, 2.05) is 6.92 Å². The second-order valence-electron chi connectivity index (χ2n) is 5.35. The van der Waals surface area contributed by atoms with E-state index in [4.69, 9.17) is 11.6 Å². The van der Waals surface area contributed by atoms with E-state index in [-0.39, 0.29) is 0 Å². The zero-order valence-corrected chi connectivity index (χ0v) is 12.3. The van der Waals surface area contributed by atoms with Crippen LogP contribution in [0.4, 0.5) is 0 Å². The third kappa shape index (κ3) is 3.25. The second kappa shape index (κ2) is 6.04. The first-order chi connectivity index (χ1) is 8.60. The molecule has 102 valence electrons. The van der Waals surface area contributed by atoms with Gasteiger partial charge >= 0.3 is 0 Å². The van der Waals surface area contributed by atoms with Crippen molar-refractivity contribution in [3.05, 3.63) is 16.4 Å². The van der Waals surface area contributed by atoms with Crippen LogP contribution in [-0.2, 0) is 6.54 Å². The van der Waals surface area contributed by atoms with Gasteiger partial charge in [-0.05, 0) is 39.4 Å². The molecular weight excluding hydrogens is 248 g/mol. The molecule has 0 spiro atoms. The summed E-state index contributed by atoms with van der Waals surface area (Å²) in [5, 5.41) is 7.97. The summed E-state index contributed by atoms with van der Waals surface area (Å²) >= 11 is 6.19. The van der Waals surface area contributed by atoms with Crippen molar-refractivity contribution in [2.24, 2.45) is 5.92 Å². The summed E-state index contributed by atoms with van der Waals surface area (Å²) < 4.78 is 0. The highest BCUT2D eigenvalue weighted by Crippen LogP contribution is 2.20. The summed E-state index contributed by atoms with van der Waals surface area (Å²) in [4.78, 5) is 4.84. The van der Waals surface area contributed by atoms with Crippen molar-refractivity contribution < 1.29 is 0 Å². The summed E-state index contributed by atoms with van der Waals surface area (Å²) in [6.45, 7) is 9.79. The number of likely N-dealkylation sites (tertiary alicyclic amines) is 1. The number of rotatable bonds is 5. The molecule has 1 N–H and O–H groups in total. The fourth-order valence-corrected chi connectivity index (χ4v) is 2.83. The Kier molecular flexibility index (Phi) is 4.65. The third-order valence-corrected chi connectivity index (χ3v) is 4.25. The lowest BCUT2D eigenvalue weighted by Crippen LogP contribution is -2.28. The van der Waals surface area contributed by atoms with Gasteiger partial charge in [0.1, 0.15) is 0 Å². The molecule has 1 aliphatic heterocycles. The van der Waals surface area contributed by atoms with E-state index in [0.717, 1.165) is 35.4 Å². The first-order valence-corrected chi connectivity index (χ1v) is 7.08. The molecular formula is C13H23ClN4. The average Bonchev–Trinajstić information content (AvgIpc) is 2.91. The van der Waals surface area contributed by atoms with Crippen molar-refractivity contribution in [3.63, 3.8) is 0 Å². The lowest BCUT2D eigenvalue weighted by Gasteiger charge is -2.20. The van der Waals surface area contributed by atoms with Gasteiger partial charge in [0.2, 0.25) is 0 Å². The molecule has 0 bridgehead atoms. The van der Waals surface area contributed by atoms with Crippen molar-refractivity contribution in [2.75, 3.05) is 33.2 Å². The molecule has 0 unspecified atom stereocenters. The zero-order chi connectivity index (χ0) is 13.1. The molecule has 0 saturated carbocycles. The van der Waals surface area contributed by atoms with Gasteiger partial charge < -0.3 is 9.80 Å². The summed E-state index contributed by atoms with van der Waals surface area (Å²) in [7, 11) is 2.15. The molecule has 0 aromatic carbocycles. The zero-order valence-electron chi connectivity index (χ0n) is 11.5. The molecule has 4 nitrogen and oxygen atoms in total. The van der Waals surface area contributed by atoms with Crippen molar-refractivity contribution in [3.8, 4) is 0 Å². The van der Waals surface area contributed by atoms with Gasteiger partial charge in [0.15, 0.2) is 0 Å². The maximum Gasteiger partial charge on any atom is 0.0951 e. The van der Waals surface area contributed by atoms with Gasteiger partial charge in [0.05, 0.1) is 16.4 Å². The van der Waals surface area contributed by atoms with E-state index in [0.29, 0.717) is 0 Å². The van der Waals surface area contributed by atoms with Gasteiger partial charge in [-0.15, -0.1) is 0 Å². The smallest absolute Gasteiger partial charge is 0.0951 e. The van der Waals surface area contributed by atoms with Crippen LogP contribution in [0.5, 0.6) is 0 Å². The highest BCUT2D eigenvalue weighted by atomic mass is 35.5. The predicted molar refractivity (Wildman–Crippen MR) is 74.9 cm³/mol. The Morgan fingerprint density at radius 2 is 2.33 bits per heavy atom.